The van der Waals surface area contributed by atoms with Gasteiger partial charge in [0.1, 0.15) is 0 Å². The van der Waals surface area contributed by atoms with Gasteiger partial charge in [-0.3, -0.25) is 9.80 Å². The van der Waals surface area contributed by atoms with E-state index in [9.17, 15) is 13.5 Å². The topological polar surface area (TPSA) is 91.3 Å². The zero-order valence-electron chi connectivity index (χ0n) is 26.2. The van der Waals surface area contributed by atoms with Crippen LogP contribution in [0.3, 0.4) is 0 Å². The van der Waals surface area contributed by atoms with Crippen LogP contribution in [0.25, 0.3) is 0 Å². The molecule has 0 aliphatic carbocycles. The van der Waals surface area contributed by atoms with E-state index in [1.165, 1.54) is 5.56 Å². The van der Waals surface area contributed by atoms with Gasteiger partial charge in [0.15, 0.2) is 6.29 Å². The van der Waals surface area contributed by atoms with Gasteiger partial charge in [0.25, 0.3) is 0 Å². The van der Waals surface area contributed by atoms with Crippen LogP contribution >= 0.6 is 0 Å². The molecule has 0 saturated carbocycles. The molecule has 2 saturated heterocycles. The Morgan fingerprint density at radius 2 is 1.30 bits per heavy atom. The van der Waals surface area contributed by atoms with Crippen LogP contribution in [-0.2, 0) is 39.2 Å². The van der Waals surface area contributed by atoms with Crippen LogP contribution in [0.2, 0.25) is 0 Å². The van der Waals surface area contributed by atoms with Crippen molar-refractivity contribution < 1.29 is 23.0 Å². The number of nitrogens with one attached hydrogen (secondary N) is 1. The van der Waals surface area contributed by atoms with E-state index in [2.05, 4.69) is 51.8 Å². The lowest BCUT2D eigenvalue weighted by atomic mass is 9.90. The summed E-state index contributed by atoms with van der Waals surface area (Å²) >= 11 is 0. The summed E-state index contributed by atoms with van der Waals surface area (Å²) in [5, 5.41) is 9.57. The lowest BCUT2D eigenvalue weighted by molar-refractivity contribution is -0.276. The van der Waals surface area contributed by atoms with E-state index >= 15 is 0 Å². The van der Waals surface area contributed by atoms with Crippen LogP contribution in [-0.4, -0.2) is 62.2 Å². The molecule has 0 bridgehead atoms. The van der Waals surface area contributed by atoms with Crippen LogP contribution < -0.4 is 4.72 Å². The average molecular weight is 642 g/mol. The number of sulfonamides is 1. The van der Waals surface area contributed by atoms with E-state index in [-0.39, 0.29) is 36.2 Å². The summed E-state index contributed by atoms with van der Waals surface area (Å²) in [6.45, 7) is 8.14. The molecule has 0 unspecified atom stereocenters. The van der Waals surface area contributed by atoms with Crippen molar-refractivity contribution in [2.45, 2.75) is 50.0 Å². The third kappa shape index (κ3) is 8.11. The van der Waals surface area contributed by atoms with Crippen LogP contribution in [0, 0.1) is 5.92 Å². The Bertz CT molecular complexity index is 1630. The van der Waals surface area contributed by atoms with Crippen LogP contribution in [0.15, 0.2) is 114 Å². The Labute approximate surface area is 272 Å². The number of ether oxygens (including phenoxy) is 2. The Morgan fingerprint density at radius 1 is 0.717 bits per heavy atom. The molecule has 2 fully saturated rings. The lowest BCUT2D eigenvalue weighted by Gasteiger charge is -2.44. The monoisotopic (exact) mass is 641 g/mol. The van der Waals surface area contributed by atoms with Crippen molar-refractivity contribution in [3.8, 4) is 0 Å². The second kappa shape index (κ2) is 15.0. The molecule has 0 radical (unpaired) electrons. The predicted octanol–water partition coefficient (Wildman–Crippen LogP) is 5.27. The molecule has 46 heavy (non-hydrogen) atoms. The number of aliphatic hydroxyl groups is 1. The Morgan fingerprint density at radius 3 is 1.96 bits per heavy atom. The van der Waals surface area contributed by atoms with Crippen LogP contribution in [0.4, 0.5) is 0 Å². The van der Waals surface area contributed by atoms with E-state index in [4.69, 9.17) is 9.47 Å². The van der Waals surface area contributed by atoms with E-state index in [1.807, 2.05) is 48.5 Å². The third-order valence-corrected chi connectivity index (χ3v) is 10.5. The van der Waals surface area contributed by atoms with Gasteiger partial charge in [-0.15, -0.1) is 0 Å². The largest absolute Gasteiger partial charge is 0.392 e. The minimum Gasteiger partial charge on any atom is -0.392 e. The van der Waals surface area contributed by atoms with Gasteiger partial charge in [-0.05, 0) is 34.4 Å². The maximum absolute atomic E-state index is 12.7. The molecule has 0 aromatic heterocycles. The molecule has 2 aliphatic rings. The van der Waals surface area contributed by atoms with Crippen molar-refractivity contribution in [2.24, 2.45) is 5.92 Å². The minimum atomic E-state index is -3.60. The Hall–Kier alpha value is -3.41. The molecule has 242 valence electrons. The molecule has 0 spiro atoms. The Balaban J connectivity index is 1.13. The number of nitrogens with zero attached hydrogens (tertiary/aromatic N) is 2. The van der Waals surface area contributed by atoms with Crippen LogP contribution in [0.1, 0.15) is 47.1 Å². The fourth-order valence-electron chi connectivity index (χ4n) is 6.21. The average Bonchev–Trinajstić information content (AvgIpc) is 3.10. The van der Waals surface area contributed by atoms with Crippen molar-refractivity contribution in [1.82, 2.24) is 14.5 Å². The van der Waals surface area contributed by atoms with E-state index in [1.54, 1.807) is 30.3 Å². The fraction of sp³-hybridized carbons (Fsp3) is 0.351. The fourth-order valence-corrected chi connectivity index (χ4v) is 7.25. The summed E-state index contributed by atoms with van der Waals surface area (Å²) in [5.74, 6) is 0.102. The highest BCUT2D eigenvalue weighted by Gasteiger charge is 2.39. The van der Waals surface area contributed by atoms with Gasteiger partial charge >= 0.3 is 0 Å². The predicted molar refractivity (Wildman–Crippen MR) is 178 cm³/mol. The second-order valence-electron chi connectivity index (χ2n) is 12.3. The highest BCUT2D eigenvalue weighted by molar-refractivity contribution is 7.89. The second-order valence-corrected chi connectivity index (χ2v) is 14.0. The molecule has 2 heterocycles. The zero-order chi connectivity index (χ0) is 31.9. The molecule has 4 aromatic rings. The number of aliphatic hydroxyl groups excluding tert-OH is 1. The molecular weight excluding hydrogens is 598 g/mol. The van der Waals surface area contributed by atoms with E-state index in [0.717, 1.165) is 61.5 Å². The SMILES string of the molecule is C[C@@H]1[C@H](CN2CCN(Cc3ccccc3)CC2)O[C@H](c2ccc(CNS(=O)(=O)c3ccccc3)cc2)O[C@@H]1c1ccc(CO)cc1. The maximum Gasteiger partial charge on any atom is 0.240 e. The summed E-state index contributed by atoms with van der Waals surface area (Å²) in [5.41, 5.74) is 4.99. The molecule has 9 heteroatoms. The summed E-state index contributed by atoms with van der Waals surface area (Å²) in [6, 6.07) is 34.7. The van der Waals surface area contributed by atoms with Gasteiger partial charge in [-0.2, -0.15) is 0 Å². The Kier molecular flexibility index (Phi) is 10.6. The normalized spacial score (nSPS) is 22.9. The van der Waals surface area contributed by atoms with Gasteiger partial charge in [0, 0.05) is 57.3 Å². The zero-order valence-corrected chi connectivity index (χ0v) is 27.1. The maximum atomic E-state index is 12.7. The third-order valence-electron chi connectivity index (χ3n) is 9.05. The molecule has 4 atom stereocenters. The van der Waals surface area contributed by atoms with Crippen molar-refractivity contribution >= 4 is 10.0 Å². The van der Waals surface area contributed by atoms with Crippen LogP contribution in [0.5, 0.6) is 0 Å². The summed E-state index contributed by atoms with van der Waals surface area (Å²) in [7, 11) is -3.60. The summed E-state index contributed by atoms with van der Waals surface area (Å²) in [6.07, 6.45) is -0.814. The van der Waals surface area contributed by atoms with Gasteiger partial charge in [-0.25, -0.2) is 13.1 Å². The first-order valence-corrected chi connectivity index (χ1v) is 17.5. The number of rotatable bonds is 11. The first-order chi connectivity index (χ1) is 22.4. The number of piperazine rings is 1. The summed E-state index contributed by atoms with van der Waals surface area (Å²) in [4.78, 5) is 5.25. The molecular formula is C37H43N3O5S. The number of hydrogen-bond acceptors (Lipinski definition) is 7. The molecule has 4 aromatic carbocycles. The van der Waals surface area contributed by atoms with Gasteiger partial charge < -0.3 is 14.6 Å². The van der Waals surface area contributed by atoms with Crippen molar-refractivity contribution in [1.29, 1.82) is 0 Å². The number of benzene rings is 4. The van der Waals surface area contributed by atoms with Gasteiger partial charge in [0.2, 0.25) is 10.0 Å². The molecule has 8 nitrogen and oxygen atoms in total. The highest BCUT2D eigenvalue weighted by atomic mass is 32.2. The lowest BCUT2D eigenvalue weighted by Crippen LogP contribution is -2.51. The number of hydrogen-bond donors (Lipinski definition) is 2. The van der Waals surface area contributed by atoms with E-state index < -0.39 is 16.3 Å². The molecule has 2 N–H and O–H groups in total. The standard InChI is InChI=1S/C37H43N3O5S/c1-28-35(26-40-22-20-39(21-23-40)25-30-8-4-2-5-9-30)44-37(45-36(28)32-16-14-31(27-41)15-17-32)33-18-12-29(13-19-33)24-38-46(42,43)34-10-6-3-7-11-34/h2-19,28,35-38,41H,20-27H2,1H3/t28-,35+,36+,37+/m1/s1. The smallest absolute Gasteiger partial charge is 0.240 e. The summed E-state index contributed by atoms with van der Waals surface area (Å²) < 4.78 is 41.4. The van der Waals surface area contributed by atoms with E-state index in [0.29, 0.717) is 0 Å². The van der Waals surface area contributed by atoms with Crippen molar-refractivity contribution in [3.05, 3.63) is 137 Å². The van der Waals surface area contributed by atoms with Gasteiger partial charge in [-0.1, -0.05) is 104 Å². The highest BCUT2D eigenvalue weighted by Crippen LogP contribution is 2.42. The van der Waals surface area contributed by atoms with Crippen molar-refractivity contribution in [2.75, 3.05) is 32.7 Å². The van der Waals surface area contributed by atoms with Gasteiger partial charge in [0.05, 0.1) is 23.7 Å². The minimum absolute atomic E-state index is 0.000175. The van der Waals surface area contributed by atoms with Crippen molar-refractivity contribution in [3.63, 3.8) is 0 Å². The molecule has 0 amide bonds. The quantitative estimate of drug-likeness (QED) is 0.231. The molecule has 2 aliphatic heterocycles. The first kappa shape index (κ1) is 32.5. The first-order valence-electron chi connectivity index (χ1n) is 16.0. The molecule has 6 rings (SSSR count).